The van der Waals surface area contributed by atoms with Crippen LogP contribution in [0.15, 0.2) is 30.3 Å². The molecule has 0 aliphatic heterocycles. The number of benzene rings is 2. The van der Waals surface area contributed by atoms with Crippen LogP contribution >= 0.6 is 34.5 Å². The van der Waals surface area contributed by atoms with Crippen molar-refractivity contribution in [2.24, 2.45) is 0 Å². The fraction of sp³-hybridized carbons (Fsp3) is 0.364. The normalized spacial score (nSPS) is 11.3. The number of ether oxygens (including phenoxy) is 1. The van der Waals surface area contributed by atoms with Gasteiger partial charge in [-0.2, -0.15) is 0 Å². The topological polar surface area (TPSA) is 45.7 Å². The second-order valence-electron chi connectivity index (χ2n) is 7.47. The van der Waals surface area contributed by atoms with Crippen molar-refractivity contribution in [3.8, 4) is 5.75 Å². The number of aryl methyl sites for hydroxylation is 2. The van der Waals surface area contributed by atoms with Crippen molar-refractivity contribution in [1.82, 2.24) is 9.88 Å². The second kappa shape index (κ2) is 9.96. The van der Waals surface area contributed by atoms with Crippen molar-refractivity contribution in [1.29, 1.82) is 0 Å². The van der Waals surface area contributed by atoms with Gasteiger partial charge in [0.2, 0.25) is 0 Å². The van der Waals surface area contributed by atoms with Crippen molar-refractivity contribution < 1.29 is 9.53 Å². The Morgan fingerprint density at radius 2 is 1.83 bits per heavy atom. The van der Waals surface area contributed by atoms with Gasteiger partial charge in [-0.25, -0.2) is 4.98 Å². The maximum Gasteiger partial charge on any atom is 0.266 e. The van der Waals surface area contributed by atoms with Crippen molar-refractivity contribution in [2.75, 3.05) is 38.7 Å². The number of halogens is 2. The summed E-state index contributed by atoms with van der Waals surface area (Å²) in [4.78, 5) is 21.6. The molecule has 1 amide bonds. The molecule has 0 aliphatic rings. The second-order valence-corrected chi connectivity index (χ2v) is 9.32. The van der Waals surface area contributed by atoms with Crippen LogP contribution in [0.5, 0.6) is 5.75 Å². The molecule has 8 heteroatoms. The number of amides is 1. The zero-order valence-electron chi connectivity index (χ0n) is 17.5. The lowest BCUT2D eigenvalue weighted by atomic mass is 10.1. The molecule has 0 saturated heterocycles. The molecule has 0 N–H and O–H groups in total. The first-order chi connectivity index (χ1) is 14.2. The zero-order chi connectivity index (χ0) is 21.8. The van der Waals surface area contributed by atoms with Gasteiger partial charge in [0.1, 0.15) is 5.75 Å². The Labute approximate surface area is 191 Å². The number of fused-ring (bicyclic) bond motifs is 1. The smallest absolute Gasteiger partial charge is 0.266 e. The summed E-state index contributed by atoms with van der Waals surface area (Å²) in [6.45, 7) is 5.45. The number of thiazole rings is 1. The summed E-state index contributed by atoms with van der Waals surface area (Å²) in [7, 11) is 4.03. The molecule has 30 heavy (non-hydrogen) atoms. The van der Waals surface area contributed by atoms with Crippen LogP contribution in [-0.4, -0.2) is 49.6 Å². The van der Waals surface area contributed by atoms with Crippen LogP contribution in [0.25, 0.3) is 10.2 Å². The first kappa shape index (κ1) is 22.8. The van der Waals surface area contributed by atoms with Gasteiger partial charge in [0.25, 0.3) is 5.91 Å². The van der Waals surface area contributed by atoms with E-state index in [1.807, 2.05) is 14.1 Å². The van der Waals surface area contributed by atoms with E-state index in [-0.39, 0.29) is 12.5 Å². The summed E-state index contributed by atoms with van der Waals surface area (Å²) in [6.07, 6.45) is 0.828. The molecule has 0 atom stereocenters. The molecule has 3 aromatic rings. The average Bonchev–Trinajstić information content (AvgIpc) is 3.06. The van der Waals surface area contributed by atoms with Gasteiger partial charge >= 0.3 is 0 Å². The molecule has 2 aromatic carbocycles. The molecule has 1 heterocycles. The Kier molecular flexibility index (Phi) is 7.58. The molecular weight excluding hydrogens is 441 g/mol. The molecule has 3 rings (SSSR count). The van der Waals surface area contributed by atoms with E-state index in [9.17, 15) is 4.79 Å². The SMILES string of the molecule is Cc1cc2nc(N(CCCN(C)C)C(=O)COc3ccc(Cl)cc3Cl)sc2cc1C. The minimum Gasteiger partial charge on any atom is -0.482 e. The summed E-state index contributed by atoms with van der Waals surface area (Å²) in [6, 6.07) is 9.13. The largest absolute Gasteiger partial charge is 0.482 e. The standard InChI is InChI=1S/C22H25Cl2N3O2S/c1-14-10-18-20(11-15(14)2)30-22(25-18)27(9-5-8-26(3)4)21(28)13-29-19-7-6-16(23)12-17(19)24/h6-7,10-12H,5,8-9,13H2,1-4H3. The van der Waals surface area contributed by atoms with E-state index in [0.717, 1.165) is 23.2 Å². The van der Waals surface area contributed by atoms with Gasteiger partial charge in [-0.05, 0) is 82.4 Å². The Hall–Kier alpha value is -1.86. The molecular formula is C22H25Cl2N3O2S. The number of nitrogens with zero attached hydrogens (tertiary/aromatic N) is 3. The van der Waals surface area contributed by atoms with Gasteiger partial charge in [-0.1, -0.05) is 34.5 Å². The number of carbonyl (C=O) groups is 1. The van der Waals surface area contributed by atoms with Gasteiger partial charge in [0.15, 0.2) is 11.7 Å². The van der Waals surface area contributed by atoms with Crippen molar-refractivity contribution >= 4 is 55.8 Å². The first-order valence-corrected chi connectivity index (χ1v) is 11.2. The van der Waals surface area contributed by atoms with Crippen LogP contribution < -0.4 is 9.64 Å². The highest BCUT2D eigenvalue weighted by atomic mass is 35.5. The molecule has 160 valence electrons. The highest BCUT2D eigenvalue weighted by molar-refractivity contribution is 7.22. The van der Waals surface area contributed by atoms with Crippen LogP contribution in [0, 0.1) is 13.8 Å². The van der Waals surface area contributed by atoms with E-state index in [1.165, 1.54) is 22.5 Å². The van der Waals surface area contributed by atoms with Crippen LogP contribution in [0.3, 0.4) is 0 Å². The summed E-state index contributed by atoms with van der Waals surface area (Å²) in [5, 5.41) is 1.58. The summed E-state index contributed by atoms with van der Waals surface area (Å²) in [5.74, 6) is 0.269. The molecule has 0 saturated carbocycles. The van der Waals surface area contributed by atoms with Crippen LogP contribution in [0.4, 0.5) is 5.13 Å². The van der Waals surface area contributed by atoms with E-state index < -0.39 is 0 Å². The van der Waals surface area contributed by atoms with Gasteiger partial charge in [0, 0.05) is 11.6 Å². The summed E-state index contributed by atoms with van der Waals surface area (Å²) in [5.41, 5.74) is 3.31. The highest BCUT2D eigenvalue weighted by Crippen LogP contribution is 2.32. The minimum atomic E-state index is -0.160. The predicted octanol–water partition coefficient (Wildman–Crippen LogP) is 5.58. The predicted molar refractivity (Wildman–Crippen MR) is 127 cm³/mol. The number of hydrogen-bond acceptors (Lipinski definition) is 5. The quantitative estimate of drug-likeness (QED) is 0.435. The minimum absolute atomic E-state index is 0.128. The van der Waals surface area contributed by atoms with Crippen molar-refractivity contribution in [3.05, 3.63) is 51.5 Å². The maximum absolute atomic E-state index is 13.1. The number of hydrogen-bond donors (Lipinski definition) is 0. The van der Waals surface area contributed by atoms with Crippen LogP contribution in [-0.2, 0) is 4.79 Å². The molecule has 0 fully saturated rings. The van der Waals surface area contributed by atoms with Gasteiger partial charge < -0.3 is 9.64 Å². The van der Waals surface area contributed by atoms with Gasteiger partial charge in [0.05, 0.1) is 15.2 Å². The van der Waals surface area contributed by atoms with E-state index in [0.29, 0.717) is 27.5 Å². The monoisotopic (exact) mass is 465 g/mol. The lowest BCUT2D eigenvalue weighted by molar-refractivity contribution is -0.120. The summed E-state index contributed by atoms with van der Waals surface area (Å²) >= 11 is 13.6. The number of carbonyl (C=O) groups excluding carboxylic acids is 1. The highest BCUT2D eigenvalue weighted by Gasteiger charge is 2.21. The number of anilines is 1. The third-order valence-corrected chi connectivity index (χ3v) is 6.33. The van der Waals surface area contributed by atoms with Gasteiger partial charge in [-0.3, -0.25) is 9.69 Å². The molecule has 1 aromatic heterocycles. The van der Waals surface area contributed by atoms with Gasteiger partial charge in [-0.15, -0.1) is 0 Å². The lowest BCUT2D eigenvalue weighted by Gasteiger charge is -2.21. The number of aromatic nitrogens is 1. The van der Waals surface area contributed by atoms with Crippen LogP contribution in [0.2, 0.25) is 10.0 Å². The molecule has 0 spiro atoms. The van der Waals surface area contributed by atoms with E-state index in [1.54, 1.807) is 23.1 Å². The average molecular weight is 466 g/mol. The molecule has 0 radical (unpaired) electrons. The number of rotatable bonds is 8. The van der Waals surface area contributed by atoms with E-state index in [4.69, 9.17) is 32.9 Å². The van der Waals surface area contributed by atoms with E-state index >= 15 is 0 Å². The van der Waals surface area contributed by atoms with Crippen LogP contribution in [0.1, 0.15) is 17.5 Å². The van der Waals surface area contributed by atoms with Crippen molar-refractivity contribution in [3.63, 3.8) is 0 Å². The Bertz CT molecular complexity index is 1010. The van der Waals surface area contributed by atoms with Crippen molar-refractivity contribution in [2.45, 2.75) is 20.3 Å². The third kappa shape index (κ3) is 5.64. The zero-order valence-corrected chi connectivity index (χ0v) is 19.9. The molecule has 5 nitrogen and oxygen atoms in total. The molecule has 0 unspecified atom stereocenters. The molecule has 0 bridgehead atoms. The maximum atomic E-state index is 13.1. The lowest BCUT2D eigenvalue weighted by Crippen LogP contribution is -2.36. The van der Waals surface area contributed by atoms with E-state index in [2.05, 4.69) is 30.9 Å². The molecule has 0 aliphatic carbocycles. The Morgan fingerprint density at radius 3 is 2.53 bits per heavy atom. The third-order valence-electron chi connectivity index (χ3n) is 4.76. The summed E-state index contributed by atoms with van der Waals surface area (Å²) < 4.78 is 6.75. The first-order valence-electron chi connectivity index (χ1n) is 9.65. The Balaban J connectivity index is 1.81. The fourth-order valence-corrected chi connectivity index (χ4v) is 4.52. The fourth-order valence-electron chi connectivity index (χ4n) is 2.96. The Morgan fingerprint density at radius 1 is 1.10 bits per heavy atom.